The van der Waals surface area contributed by atoms with Crippen molar-refractivity contribution in [2.24, 2.45) is 5.92 Å². The Hall–Kier alpha value is -1.14. The SMILES string of the molecule is CC1CC(C)N(C(=O)c2cn(C3CCNCC3)nn2)C1.Cl. The van der Waals surface area contributed by atoms with E-state index in [1.54, 1.807) is 0 Å². The molecule has 0 radical (unpaired) electrons. The summed E-state index contributed by atoms with van der Waals surface area (Å²) in [6.07, 6.45) is 5.00. The highest BCUT2D eigenvalue weighted by atomic mass is 35.5. The van der Waals surface area contributed by atoms with Gasteiger partial charge in [-0.15, -0.1) is 17.5 Å². The maximum absolute atomic E-state index is 12.5. The average Bonchev–Trinajstić information content (AvgIpc) is 3.06. The first-order valence-electron chi connectivity index (χ1n) is 7.58. The van der Waals surface area contributed by atoms with Gasteiger partial charge in [-0.3, -0.25) is 4.79 Å². The van der Waals surface area contributed by atoms with E-state index in [0.29, 0.717) is 23.7 Å². The van der Waals surface area contributed by atoms with Crippen LogP contribution in [0.4, 0.5) is 0 Å². The minimum atomic E-state index is 0. The van der Waals surface area contributed by atoms with Gasteiger partial charge in [-0.1, -0.05) is 12.1 Å². The number of halogens is 1. The van der Waals surface area contributed by atoms with Crippen molar-refractivity contribution >= 4 is 18.3 Å². The van der Waals surface area contributed by atoms with Crippen LogP contribution >= 0.6 is 12.4 Å². The Labute approximate surface area is 131 Å². The zero-order valence-corrected chi connectivity index (χ0v) is 13.5. The molecule has 2 fully saturated rings. The lowest BCUT2D eigenvalue weighted by Gasteiger charge is -2.22. The molecular weight excluding hydrogens is 290 g/mol. The van der Waals surface area contributed by atoms with Crippen LogP contribution in [-0.2, 0) is 0 Å². The zero-order chi connectivity index (χ0) is 14.1. The Bertz CT molecular complexity index is 485. The van der Waals surface area contributed by atoms with Gasteiger partial charge in [0.05, 0.1) is 12.2 Å². The number of hydrogen-bond donors (Lipinski definition) is 1. The highest BCUT2D eigenvalue weighted by Gasteiger charge is 2.32. The molecule has 7 heteroatoms. The third-order valence-electron chi connectivity index (χ3n) is 4.46. The molecular formula is C14H24ClN5O. The predicted octanol–water partition coefficient (Wildman–Crippen LogP) is 1.49. The first-order chi connectivity index (χ1) is 9.65. The molecule has 0 bridgehead atoms. The molecule has 2 aliphatic rings. The van der Waals surface area contributed by atoms with Gasteiger partial charge >= 0.3 is 0 Å². The van der Waals surface area contributed by atoms with Crippen LogP contribution < -0.4 is 5.32 Å². The van der Waals surface area contributed by atoms with Crippen LogP contribution in [0.1, 0.15) is 49.6 Å². The molecule has 2 aliphatic heterocycles. The van der Waals surface area contributed by atoms with E-state index in [1.165, 1.54) is 0 Å². The van der Waals surface area contributed by atoms with Gasteiger partial charge < -0.3 is 10.2 Å². The fourth-order valence-electron chi connectivity index (χ4n) is 3.35. The summed E-state index contributed by atoms with van der Waals surface area (Å²) in [5.74, 6) is 0.607. The number of rotatable bonds is 2. The highest BCUT2D eigenvalue weighted by molar-refractivity contribution is 5.92. The van der Waals surface area contributed by atoms with Crippen molar-refractivity contribution in [3.05, 3.63) is 11.9 Å². The fourth-order valence-corrected chi connectivity index (χ4v) is 3.35. The standard InChI is InChI=1S/C14H23N5O.ClH/c1-10-7-11(2)18(8-10)14(20)13-9-19(17-16-13)12-3-5-15-6-4-12;/h9-12,15H,3-8H2,1-2H3;1H. The third kappa shape index (κ3) is 3.37. The Morgan fingerprint density at radius 2 is 2.05 bits per heavy atom. The molecule has 118 valence electrons. The second-order valence-electron chi connectivity index (χ2n) is 6.21. The van der Waals surface area contributed by atoms with Gasteiger partial charge in [0.2, 0.25) is 0 Å². The Balaban J connectivity index is 0.00000161. The number of nitrogens with one attached hydrogen (secondary N) is 1. The van der Waals surface area contributed by atoms with E-state index in [2.05, 4.69) is 29.5 Å². The smallest absolute Gasteiger partial charge is 0.276 e. The van der Waals surface area contributed by atoms with Crippen molar-refractivity contribution in [1.82, 2.24) is 25.2 Å². The van der Waals surface area contributed by atoms with Crippen molar-refractivity contribution < 1.29 is 4.79 Å². The number of carbonyl (C=O) groups is 1. The van der Waals surface area contributed by atoms with E-state index in [1.807, 2.05) is 15.8 Å². The number of carbonyl (C=O) groups excluding carboxylic acids is 1. The molecule has 1 aromatic rings. The van der Waals surface area contributed by atoms with E-state index in [0.717, 1.165) is 38.9 Å². The largest absolute Gasteiger partial charge is 0.334 e. The van der Waals surface area contributed by atoms with Crippen LogP contribution in [0.25, 0.3) is 0 Å². The molecule has 6 nitrogen and oxygen atoms in total. The van der Waals surface area contributed by atoms with E-state index >= 15 is 0 Å². The van der Waals surface area contributed by atoms with Crippen LogP contribution in [0.3, 0.4) is 0 Å². The molecule has 1 aromatic heterocycles. The van der Waals surface area contributed by atoms with Gasteiger partial charge in [0.15, 0.2) is 5.69 Å². The van der Waals surface area contributed by atoms with Crippen LogP contribution in [0, 0.1) is 5.92 Å². The number of likely N-dealkylation sites (tertiary alicyclic amines) is 1. The van der Waals surface area contributed by atoms with Crippen LogP contribution in [-0.4, -0.2) is 51.5 Å². The molecule has 21 heavy (non-hydrogen) atoms. The number of aromatic nitrogens is 3. The second-order valence-corrected chi connectivity index (χ2v) is 6.21. The van der Waals surface area contributed by atoms with Crippen LogP contribution in [0.15, 0.2) is 6.20 Å². The van der Waals surface area contributed by atoms with Gasteiger partial charge in [0.25, 0.3) is 5.91 Å². The molecule has 0 spiro atoms. The molecule has 1 amide bonds. The Morgan fingerprint density at radius 1 is 1.33 bits per heavy atom. The topological polar surface area (TPSA) is 63.1 Å². The van der Waals surface area contributed by atoms with Gasteiger partial charge in [0.1, 0.15) is 0 Å². The summed E-state index contributed by atoms with van der Waals surface area (Å²) in [7, 11) is 0. The van der Waals surface area contributed by atoms with Gasteiger partial charge in [-0.25, -0.2) is 4.68 Å². The van der Waals surface area contributed by atoms with E-state index < -0.39 is 0 Å². The van der Waals surface area contributed by atoms with Crippen molar-refractivity contribution in [3.63, 3.8) is 0 Å². The average molecular weight is 314 g/mol. The number of nitrogens with zero attached hydrogens (tertiary/aromatic N) is 4. The minimum Gasteiger partial charge on any atom is -0.334 e. The summed E-state index contributed by atoms with van der Waals surface area (Å²) in [4.78, 5) is 14.4. The lowest BCUT2D eigenvalue weighted by Crippen LogP contribution is -2.34. The summed E-state index contributed by atoms with van der Waals surface area (Å²) in [6, 6.07) is 0.682. The monoisotopic (exact) mass is 313 g/mol. The molecule has 0 saturated carbocycles. The maximum atomic E-state index is 12.5. The normalized spacial score (nSPS) is 26.7. The zero-order valence-electron chi connectivity index (χ0n) is 12.7. The van der Waals surface area contributed by atoms with Gasteiger partial charge in [-0.05, 0) is 45.2 Å². The fraction of sp³-hybridized carbons (Fsp3) is 0.786. The second kappa shape index (κ2) is 6.75. The summed E-state index contributed by atoms with van der Waals surface area (Å²) in [5, 5.41) is 11.6. The third-order valence-corrected chi connectivity index (χ3v) is 4.46. The molecule has 3 heterocycles. The lowest BCUT2D eigenvalue weighted by atomic mass is 10.1. The predicted molar refractivity (Wildman–Crippen MR) is 82.7 cm³/mol. The van der Waals surface area contributed by atoms with E-state index in [9.17, 15) is 4.79 Å². The molecule has 2 unspecified atom stereocenters. The van der Waals surface area contributed by atoms with Gasteiger partial charge in [0, 0.05) is 12.6 Å². The van der Waals surface area contributed by atoms with Crippen LogP contribution in [0.5, 0.6) is 0 Å². The molecule has 3 rings (SSSR count). The van der Waals surface area contributed by atoms with Crippen molar-refractivity contribution in [2.75, 3.05) is 19.6 Å². The number of amides is 1. The maximum Gasteiger partial charge on any atom is 0.276 e. The van der Waals surface area contributed by atoms with Crippen molar-refractivity contribution in [3.8, 4) is 0 Å². The van der Waals surface area contributed by atoms with Gasteiger partial charge in [-0.2, -0.15) is 0 Å². The van der Waals surface area contributed by atoms with E-state index in [4.69, 9.17) is 0 Å². The first-order valence-corrected chi connectivity index (χ1v) is 7.58. The Kier molecular flexibility index (Phi) is 5.22. The Morgan fingerprint density at radius 3 is 2.67 bits per heavy atom. The lowest BCUT2D eigenvalue weighted by molar-refractivity contribution is 0.0737. The summed E-state index contributed by atoms with van der Waals surface area (Å²) >= 11 is 0. The number of hydrogen-bond acceptors (Lipinski definition) is 4. The molecule has 0 aliphatic carbocycles. The molecule has 0 aromatic carbocycles. The highest BCUT2D eigenvalue weighted by Crippen LogP contribution is 2.24. The summed E-state index contributed by atoms with van der Waals surface area (Å²) in [5.41, 5.74) is 0.490. The summed E-state index contributed by atoms with van der Waals surface area (Å²) in [6.45, 7) is 7.15. The van der Waals surface area contributed by atoms with Crippen molar-refractivity contribution in [1.29, 1.82) is 0 Å². The summed E-state index contributed by atoms with van der Waals surface area (Å²) < 4.78 is 1.87. The molecule has 2 atom stereocenters. The van der Waals surface area contributed by atoms with Crippen LogP contribution in [0.2, 0.25) is 0 Å². The number of piperidine rings is 1. The molecule has 1 N–H and O–H groups in total. The van der Waals surface area contributed by atoms with E-state index in [-0.39, 0.29) is 18.3 Å². The quantitative estimate of drug-likeness (QED) is 0.898. The molecule has 2 saturated heterocycles. The van der Waals surface area contributed by atoms with Crippen molar-refractivity contribution in [2.45, 2.75) is 45.2 Å². The minimum absolute atomic E-state index is 0. The first kappa shape index (κ1) is 16.2.